The van der Waals surface area contributed by atoms with Gasteiger partial charge in [-0.25, -0.2) is 0 Å². The minimum Gasteiger partial charge on any atom is -0.392 e. The highest BCUT2D eigenvalue weighted by Gasteiger charge is 2.22. The summed E-state index contributed by atoms with van der Waals surface area (Å²) in [6.45, 7) is 2.24. The first kappa shape index (κ1) is 11.4. The van der Waals surface area contributed by atoms with Crippen LogP contribution in [-0.4, -0.2) is 22.2 Å². The zero-order valence-electron chi connectivity index (χ0n) is 8.67. The van der Waals surface area contributed by atoms with Gasteiger partial charge in [-0.15, -0.1) is 0 Å². The predicted molar refractivity (Wildman–Crippen MR) is 60.2 cm³/mol. The van der Waals surface area contributed by atoms with Gasteiger partial charge in [0.15, 0.2) is 0 Å². The van der Waals surface area contributed by atoms with Crippen LogP contribution in [0.1, 0.15) is 51.9 Å². The van der Waals surface area contributed by atoms with Crippen LogP contribution in [0.4, 0.5) is 0 Å². The van der Waals surface area contributed by atoms with E-state index in [1.165, 1.54) is 44.3 Å². The topological polar surface area (TPSA) is 20.2 Å². The van der Waals surface area contributed by atoms with E-state index in [2.05, 4.69) is 6.92 Å². The van der Waals surface area contributed by atoms with Gasteiger partial charge in [0.1, 0.15) is 0 Å². The summed E-state index contributed by atoms with van der Waals surface area (Å²) >= 11 is 2.00. The molecular formula is C11H22OS. The lowest BCUT2D eigenvalue weighted by atomic mass is 9.97. The molecule has 0 unspecified atom stereocenters. The fourth-order valence-corrected chi connectivity index (χ4v) is 3.22. The van der Waals surface area contributed by atoms with Crippen molar-refractivity contribution >= 4 is 11.8 Å². The third-order valence-corrected chi connectivity index (χ3v) is 4.25. The van der Waals surface area contributed by atoms with Crippen molar-refractivity contribution < 1.29 is 5.11 Å². The molecule has 1 aliphatic rings. The van der Waals surface area contributed by atoms with Crippen LogP contribution in [-0.2, 0) is 0 Å². The van der Waals surface area contributed by atoms with Crippen LogP contribution in [0.15, 0.2) is 0 Å². The van der Waals surface area contributed by atoms with Crippen LogP contribution in [0.5, 0.6) is 0 Å². The fourth-order valence-electron chi connectivity index (χ4n) is 1.86. The number of hydrogen-bond donors (Lipinski definition) is 1. The van der Waals surface area contributed by atoms with E-state index in [-0.39, 0.29) is 6.10 Å². The summed E-state index contributed by atoms with van der Waals surface area (Å²) < 4.78 is 0. The monoisotopic (exact) mass is 202 g/mol. The SMILES string of the molecule is CCCCCS[C@H]1CCCC[C@@H]1O. The van der Waals surface area contributed by atoms with Gasteiger partial charge < -0.3 is 5.11 Å². The van der Waals surface area contributed by atoms with Crippen LogP contribution in [0.3, 0.4) is 0 Å². The van der Waals surface area contributed by atoms with Crippen molar-refractivity contribution in [3.05, 3.63) is 0 Å². The Morgan fingerprint density at radius 3 is 2.69 bits per heavy atom. The molecule has 0 heterocycles. The molecule has 2 atom stereocenters. The summed E-state index contributed by atoms with van der Waals surface area (Å²) in [6.07, 6.45) is 8.77. The van der Waals surface area contributed by atoms with E-state index in [1.807, 2.05) is 11.8 Å². The molecule has 0 saturated heterocycles. The smallest absolute Gasteiger partial charge is 0.0658 e. The van der Waals surface area contributed by atoms with Gasteiger partial charge in [0.2, 0.25) is 0 Å². The quantitative estimate of drug-likeness (QED) is 0.691. The highest BCUT2D eigenvalue weighted by Crippen LogP contribution is 2.29. The molecule has 1 saturated carbocycles. The lowest BCUT2D eigenvalue weighted by Gasteiger charge is -2.26. The van der Waals surface area contributed by atoms with Crippen molar-refractivity contribution in [3.63, 3.8) is 0 Å². The standard InChI is InChI=1S/C11H22OS/c1-2-3-6-9-13-11-8-5-4-7-10(11)12/h10-12H,2-9H2,1H3/t10-,11-/m0/s1. The van der Waals surface area contributed by atoms with Crippen LogP contribution in [0.25, 0.3) is 0 Å². The fraction of sp³-hybridized carbons (Fsp3) is 1.00. The lowest BCUT2D eigenvalue weighted by molar-refractivity contribution is 0.137. The average Bonchev–Trinajstić information content (AvgIpc) is 2.15. The average molecular weight is 202 g/mol. The number of unbranched alkanes of at least 4 members (excludes halogenated alkanes) is 2. The molecule has 78 valence electrons. The molecule has 1 rings (SSSR count). The first-order valence-electron chi connectivity index (χ1n) is 5.64. The van der Waals surface area contributed by atoms with Crippen molar-refractivity contribution in [2.75, 3.05) is 5.75 Å². The van der Waals surface area contributed by atoms with Crippen molar-refractivity contribution in [1.29, 1.82) is 0 Å². The molecule has 0 spiro atoms. The van der Waals surface area contributed by atoms with Gasteiger partial charge in [0.25, 0.3) is 0 Å². The van der Waals surface area contributed by atoms with Gasteiger partial charge in [-0.2, -0.15) is 11.8 Å². The van der Waals surface area contributed by atoms with Crippen LogP contribution in [0.2, 0.25) is 0 Å². The Morgan fingerprint density at radius 1 is 1.23 bits per heavy atom. The predicted octanol–water partition coefficient (Wildman–Crippen LogP) is 3.21. The normalized spacial score (nSPS) is 29.1. The second kappa shape index (κ2) is 6.72. The molecule has 1 nitrogen and oxygen atoms in total. The maximum absolute atomic E-state index is 9.70. The number of hydrogen-bond acceptors (Lipinski definition) is 2. The molecule has 0 aromatic rings. The second-order valence-corrected chi connectivity index (χ2v) is 5.32. The molecule has 13 heavy (non-hydrogen) atoms. The maximum Gasteiger partial charge on any atom is 0.0658 e. The number of aliphatic hydroxyl groups excluding tert-OH is 1. The molecule has 0 radical (unpaired) electrons. The Kier molecular flexibility index (Phi) is 5.88. The van der Waals surface area contributed by atoms with Crippen molar-refractivity contribution in [1.82, 2.24) is 0 Å². The summed E-state index contributed by atoms with van der Waals surface area (Å²) in [5.41, 5.74) is 0. The van der Waals surface area contributed by atoms with Crippen LogP contribution < -0.4 is 0 Å². The highest BCUT2D eigenvalue weighted by atomic mass is 32.2. The van der Waals surface area contributed by atoms with Gasteiger partial charge in [-0.05, 0) is 25.0 Å². The summed E-state index contributed by atoms with van der Waals surface area (Å²) in [5.74, 6) is 1.25. The Hall–Kier alpha value is 0.310. The largest absolute Gasteiger partial charge is 0.392 e. The first-order valence-corrected chi connectivity index (χ1v) is 6.69. The van der Waals surface area contributed by atoms with E-state index in [0.717, 1.165) is 6.42 Å². The van der Waals surface area contributed by atoms with Crippen molar-refractivity contribution in [3.8, 4) is 0 Å². The first-order chi connectivity index (χ1) is 6.34. The van der Waals surface area contributed by atoms with E-state index < -0.39 is 0 Å². The molecule has 0 aromatic carbocycles. The number of rotatable bonds is 5. The highest BCUT2D eigenvalue weighted by molar-refractivity contribution is 7.99. The van der Waals surface area contributed by atoms with Crippen LogP contribution in [0, 0.1) is 0 Å². The number of thioether (sulfide) groups is 1. The second-order valence-electron chi connectivity index (χ2n) is 3.97. The molecule has 1 fully saturated rings. The Labute approximate surface area is 86.3 Å². The summed E-state index contributed by atoms with van der Waals surface area (Å²) in [7, 11) is 0. The van der Waals surface area contributed by atoms with E-state index in [4.69, 9.17) is 0 Å². The zero-order chi connectivity index (χ0) is 9.52. The van der Waals surface area contributed by atoms with Gasteiger partial charge in [-0.3, -0.25) is 0 Å². The minimum atomic E-state index is -0.0135. The van der Waals surface area contributed by atoms with E-state index in [1.54, 1.807) is 0 Å². The Bertz CT molecular complexity index is 127. The number of aliphatic hydroxyl groups is 1. The Morgan fingerprint density at radius 2 is 2.00 bits per heavy atom. The molecule has 2 heteroatoms. The summed E-state index contributed by atoms with van der Waals surface area (Å²) in [5, 5.41) is 10.3. The minimum absolute atomic E-state index is 0.0135. The van der Waals surface area contributed by atoms with E-state index in [0.29, 0.717) is 5.25 Å². The zero-order valence-corrected chi connectivity index (χ0v) is 9.48. The molecule has 1 N–H and O–H groups in total. The van der Waals surface area contributed by atoms with Crippen molar-refractivity contribution in [2.45, 2.75) is 63.2 Å². The third-order valence-electron chi connectivity index (χ3n) is 2.75. The van der Waals surface area contributed by atoms with Crippen molar-refractivity contribution in [2.24, 2.45) is 0 Å². The van der Waals surface area contributed by atoms with E-state index in [9.17, 15) is 5.11 Å². The lowest BCUT2D eigenvalue weighted by Crippen LogP contribution is -2.27. The summed E-state index contributed by atoms with van der Waals surface area (Å²) in [6, 6.07) is 0. The van der Waals surface area contributed by atoms with Gasteiger partial charge in [-0.1, -0.05) is 32.6 Å². The molecular weight excluding hydrogens is 180 g/mol. The molecule has 0 bridgehead atoms. The Balaban J connectivity index is 2.05. The molecule has 1 aliphatic carbocycles. The van der Waals surface area contributed by atoms with E-state index >= 15 is 0 Å². The summed E-state index contributed by atoms with van der Waals surface area (Å²) in [4.78, 5) is 0. The maximum atomic E-state index is 9.70. The third kappa shape index (κ3) is 4.37. The van der Waals surface area contributed by atoms with Gasteiger partial charge in [0.05, 0.1) is 6.10 Å². The van der Waals surface area contributed by atoms with Gasteiger partial charge in [0, 0.05) is 5.25 Å². The molecule has 0 amide bonds. The van der Waals surface area contributed by atoms with Gasteiger partial charge >= 0.3 is 0 Å². The molecule has 0 aliphatic heterocycles. The van der Waals surface area contributed by atoms with Crippen LogP contribution >= 0.6 is 11.8 Å². The molecule has 0 aromatic heterocycles.